The van der Waals surface area contributed by atoms with E-state index in [0.717, 1.165) is 18.7 Å². The van der Waals surface area contributed by atoms with Gasteiger partial charge in [-0.3, -0.25) is 4.99 Å². The number of hydrogen-bond donors (Lipinski definition) is 1. The fourth-order valence-corrected chi connectivity index (χ4v) is 3.36. The molecule has 0 aromatic rings. The summed E-state index contributed by atoms with van der Waals surface area (Å²) in [4.78, 5) is 4.88. The lowest BCUT2D eigenvalue weighted by atomic mass is 9.80. The Labute approximate surface area is 145 Å². The zero-order valence-corrected chi connectivity index (χ0v) is 16.5. The summed E-state index contributed by atoms with van der Waals surface area (Å²) in [5.41, 5.74) is 11.2. The number of nitrogens with zero attached hydrogens (tertiary/aromatic N) is 1. The number of hydrogen-bond acceptors (Lipinski definition) is 2. The summed E-state index contributed by atoms with van der Waals surface area (Å²) in [6, 6.07) is 0. The minimum absolute atomic E-state index is 0.615. The first-order chi connectivity index (χ1) is 11.2. The van der Waals surface area contributed by atoms with Crippen LogP contribution in [0.15, 0.2) is 27.9 Å². The van der Waals surface area contributed by atoms with E-state index in [1.807, 2.05) is 20.8 Å². The van der Waals surface area contributed by atoms with Gasteiger partial charge in [-0.2, -0.15) is 0 Å². The molecule has 1 saturated carbocycles. The van der Waals surface area contributed by atoms with Gasteiger partial charge in [0.25, 0.3) is 0 Å². The minimum atomic E-state index is 0.615. The second kappa shape index (κ2) is 13.4. The Bertz CT molecular complexity index is 392. The molecule has 0 heterocycles. The maximum Gasteiger partial charge on any atom is 0.0471 e. The van der Waals surface area contributed by atoms with E-state index in [0.29, 0.717) is 5.92 Å². The summed E-state index contributed by atoms with van der Waals surface area (Å²) in [6.45, 7) is 13.4. The van der Waals surface area contributed by atoms with Gasteiger partial charge in [0.1, 0.15) is 0 Å². The van der Waals surface area contributed by atoms with Crippen LogP contribution in [0.25, 0.3) is 0 Å². The summed E-state index contributed by atoms with van der Waals surface area (Å²) in [7, 11) is 0. The number of aliphatic imine (C=N–C) groups is 1. The largest absolute Gasteiger partial charge is 0.402 e. The van der Waals surface area contributed by atoms with Gasteiger partial charge in [0, 0.05) is 29.4 Å². The van der Waals surface area contributed by atoms with E-state index >= 15 is 0 Å². The van der Waals surface area contributed by atoms with E-state index in [4.69, 9.17) is 10.7 Å². The van der Waals surface area contributed by atoms with E-state index in [9.17, 15) is 0 Å². The van der Waals surface area contributed by atoms with Gasteiger partial charge in [-0.15, -0.1) is 0 Å². The Kier molecular flexibility index (Phi) is 12.8. The Morgan fingerprint density at radius 2 is 1.74 bits per heavy atom. The summed E-state index contributed by atoms with van der Waals surface area (Å²) in [6.07, 6.45) is 12.4. The molecule has 0 aliphatic heterocycles. The quantitative estimate of drug-likeness (QED) is 0.426. The average molecular weight is 321 g/mol. The molecular formula is C21H40N2. The molecule has 134 valence electrons. The highest BCUT2D eigenvalue weighted by Crippen LogP contribution is 2.32. The molecular weight excluding hydrogens is 280 g/mol. The lowest BCUT2D eigenvalue weighted by molar-refractivity contribution is 0.438. The first-order valence-corrected chi connectivity index (χ1v) is 9.82. The Morgan fingerprint density at radius 3 is 2.17 bits per heavy atom. The molecule has 0 aromatic heterocycles. The van der Waals surface area contributed by atoms with Crippen molar-refractivity contribution in [1.29, 1.82) is 0 Å². The van der Waals surface area contributed by atoms with E-state index < -0.39 is 0 Å². The Balaban J connectivity index is 0.00000232. The molecule has 2 nitrogen and oxygen atoms in total. The Hall–Kier alpha value is -1.05. The fraction of sp³-hybridized carbons (Fsp3) is 0.762. The van der Waals surface area contributed by atoms with Gasteiger partial charge in [-0.1, -0.05) is 52.5 Å². The van der Waals surface area contributed by atoms with Crippen LogP contribution in [0.2, 0.25) is 0 Å². The van der Waals surface area contributed by atoms with Gasteiger partial charge in [0.15, 0.2) is 0 Å². The van der Waals surface area contributed by atoms with Crippen LogP contribution >= 0.6 is 0 Å². The highest BCUT2D eigenvalue weighted by molar-refractivity contribution is 6.06. The monoisotopic (exact) mass is 320 g/mol. The number of rotatable bonds is 7. The molecule has 0 bridgehead atoms. The third kappa shape index (κ3) is 7.37. The van der Waals surface area contributed by atoms with Crippen LogP contribution < -0.4 is 5.73 Å². The zero-order chi connectivity index (χ0) is 17.7. The molecule has 0 aromatic carbocycles. The predicted molar refractivity (Wildman–Crippen MR) is 106 cm³/mol. The SMILES string of the molecule is C/C=C(CCCC)\C(C(=NCC)C1CCCCC1)=C(/C)N.CC. The molecule has 0 saturated heterocycles. The van der Waals surface area contributed by atoms with Gasteiger partial charge in [0.2, 0.25) is 0 Å². The van der Waals surface area contributed by atoms with E-state index in [-0.39, 0.29) is 0 Å². The van der Waals surface area contributed by atoms with Crippen LogP contribution in [-0.4, -0.2) is 12.3 Å². The molecule has 2 heteroatoms. The van der Waals surface area contributed by atoms with E-state index in [1.165, 1.54) is 61.8 Å². The van der Waals surface area contributed by atoms with Gasteiger partial charge in [-0.25, -0.2) is 0 Å². The van der Waals surface area contributed by atoms with Crippen molar-refractivity contribution in [1.82, 2.24) is 0 Å². The normalized spacial score (nSPS) is 18.2. The standard InChI is InChI=1S/C19H34N2.C2H6/c1-5-8-12-16(6-2)18(15(4)20)19(21-7-3)17-13-10-9-11-14-17;1-2/h6,17H,5,7-14,20H2,1-4H3;1-2H3/b16-6-,18-15-,21-19?;. The minimum Gasteiger partial charge on any atom is -0.402 e. The maximum atomic E-state index is 6.28. The van der Waals surface area contributed by atoms with Crippen LogP contribution in [0.1, 0.15) is 92.9 Å². The first kappa shape index (κ1) is 21.9. The smallest absolute Gasteiger partial charge is 0.0471 e. The van der Waals surface area contributed by atoms with Crippen molar-refractivity contribution in [2.75, 3.05) is 6.54 Å². The number of nitrogens with two attached hydrogens (primary N) is 1. The van der Waals surface area contributed by atoms with Crippen molar-refractivity contribution in [2.24, 2.45) is 16.6 Å². The molecule has 0 amide bonds. The zero-order valence-electron chi connectivity index (χ0n) is 16.5. The topological polar surface area (TPSA) is 38.4 Å². The predicted octanol–water partition coefficient (Wildman–Crippen LogP) is 6.42. The fourth-order valence-electron chi connectivity index (χ4n) is 3.36. The second-order valence-corrected chi connectivity index (χ2v) is 6.17. The van der Waals surface area contributed by atoms with Gasteiger partial charge in [0.05, 0.1) is 0 Å². The van der Waals surface area contributed by atoms with Crippen LogP contribution in [0.3, 0.4) is 0 Å². The lowest BCUT2D eigenvalue weighted by Gasteiger charge is -2.27. The van der Waals surface area contributed by atoms with Crippen molar-refractivity contribution >= 4 is 5.71 Å². The average Bonchev–Trinajstić information content (AvgIpc) is 2.59. The van der Waals surface area contributed by atoms with Crippen LogP contribution in [0.5, 0.6) is 0 Å². The highest BCUT2D eigenvalue weighted by atomic mass is 14.7. The third-order valence-electron chi connectivity index (χ3n) is 4.44. The molecule has 0 atom stereocenters. The van der Waals surface area contributed by atoms with Crippen LogP contribution in [-0.2, 0) is 0 Å². The van der Waals surface area contributed by atoms with Crippen molar-refractivity contribution in [2.45, 2.75) is 92.9 Å². The maximum absolute atomic E-state index is 6.28. The van der Waals surface area contributed by atoms with Crippen LogP contribution in [0, 0.1) is 5.92 Å². The van der Waals surface area contributed by atoms with Crippen molar-refractivity contribution in [3.63, 3.8) is 0 Å². The number of unbranched alkanes of at least 4 members (excludes halogenated alkanes) is 1. The van der Waals surface area contributed by atoms with Crippen molar-refractivity contribution in [3.8, 4) is 0 Å². The van der Waals surface area contributed by atoms with Crippen LogP contribution in [0.4, 0.5) is 0 Å². The van der Waals surface area contributed by atoms with Crippen molar-refractivity contribution in [3.05, 3.63) is 22.9 Å². The first-order valence-electron chi connectivity index (χ1n) is 9.82. The molecule has 0 unspecified atom stereocenters. The van der Waals surface area contributed by atoms with Crippen molar-refractivity contribution < 1.29 is 0 Å². The molecule has 1 fully saturated rings. The summed E-state index contributed by atoms with van der Waals surface area (Å²) >= 11 is 0. The summed E-state index contributed by atoms with van der Waals surface area (Å²) in [5, 5.41) is 0. The molecule has 0 spiro atoms. The third-order valence-corrected chi connectivity index (χ3v) is 4.44. The highest BCUT2D eigenvalue weighted by Gasteiger charge is 2.24. The van der Waals surface area contributed by atoms with E-state index in [1.54, 1.807) is 0 Å². The van der Waals surface area contributed by atoms with Gasteiger partial charge in [-0.05, 0) is 52.0 Å². The molecule has 1 aliphatic rings. The molecule has 23 heavy (non-hydrogen) atoms. The van der Waals surface area contributed by atoms with E-state index in [2.05, 4.69) is 26.8 Å². The van der Waals surface area contributed by atoms with Gasteiger partial charge < -0.3 is 5.73 Å². The Morgan fingerprint density at radius 1 is 1.13 bits per heavy atom. The molecule has 2 N–H and O–H groups in total. The second-order valence-electron chi connectivity index (χ2n) is 6.17. The number of allylic oxidation sites excluding steroid dienone is 4. The lowest BCUT2D eigenvalue weighted by Crippen LogP contribution is -2.23. The molecule has 1 rings (SSSR count). The summed E-state index contributed by atoms with van der Waals surface area (Å²) < 4.78 is 0. The molecule has 0 radical (unpaired) electrons. The van der Waals surface area contributed by atoms with Gasteiger partial charge >= 0.3 is 0 Å². The molecule has 1 aliphatic carbocycles. The summed E-state index contributed by atoms with van der Waals surface area (Å²) in [5.74, 6) is 0.615.